The average molecular weight is 472 g/mol. The number of fused-ring (bicyclic) bond motifs is 1. The Morgan fingerprint density at radius 3 is 2.73 bits per heavy atom. The standard InChI is InChI=1S/C22H19ClFN5O4/c1-27-19-5-3-15(20(30)25-10-14-6-7-26-29(33)12-14)9-16(19)21(31)28(22(27)32)11-13-2-4-18(24)17(23)8-13/h2-9,12,26,33H,10-11H2,1H3,(H,25,30). The van der Waals surface area contributed by atoms with Gasteiger partial charge < -0.3 is 5.32 Å². The van der Waals surface area contributed by atoms with Crippen LogP contribution in [0.15, 0.2) is 70.0 Å². The van der Waals surface area contributed by atoms with Crippen molar-refractivity contribution in [3.8, 4) is 0 Å². The molecule has 11 heteroatoms. The lowest BCUT2D eigenvalue weighted by atomic mass is 10.1. The molecule has 0 aliphatic carbocycles. The van der Waals surface area contributed by atoms with E-state index < -0.39 is 23.0 Å². The third-order valence-corrected chi connectivity index (χ3v) is 5.47. The topological polar surface area (TPSA) is 109 Å². The highest BCUT2D eigenvalue weighted by Crippen LogP contribution is 2.17. The summed E-state index contributed by atoms with van der Waals surface area (Å²) < 4.78 is 15.8. The second-order valence-corrected chi connectivity index (χ2v) is 7.81. The second kappa shape index (κ2) is 8.93. The fourth-order valence-electron chi connectivity index (χ4n) is 3.46. The molecule has 3 N–H and O–H groups in total. The van der Waals surface area contributed by atoms with Crippen molar-refractivity contribution in [3.63, 3.8) is 0 Å². The van der Waals surface area contributed by atoms with Gasteiger partial charge in [-0.1, -0.05) is 17.7 Å². The van der Waals surface area contributed by atoms with Crippen LogP contribution in [-0.2, 0) is 13.6 Å². The minimum atomic E-state index is -0.600. The van der Waals surface area contributed by atoms with Crippen molar-refractivity contribution in [2.45, 2.75) is 6.54 Å². The molecule has 2 heterocycles. The van der Waals surface area contributed by atoms with Gasteiger partial charge in [0.15, 0.2) is 0 Å². The number of carbonyl (C=O) groups is 1. The summed E-state index contributed by atoms with van der Waals surface area (Å²) in [7, 11) is 1.52. The Labute approximate surface area is 191 Å². The minimum Gasteiger partial charge on any atom is -0.348 e. The van der Waals surface area contributed by atoms with Crippen molar-refractivity contribution >= 4 is 28.4 Å². The number of carbonyl (C=O) groups excluding carboxylic acids is 1. The van der Waals surface area contributed by atoms with Gasteiger partial charge in [-0.15, -0.1) is 0 Å². The van der Waals surface area contributed by atoms with E-state index in [0.717, 1.165) is 9.74 Å². The maximum absolute atomic E-state index is 13.5. The SMILES string of the molecule is Cn1c(=O)n(Cc2ccc(F)c(Cl)c2)c(=O)c2cc(C(=O)NCC3=CN(O)NC=C3)ccc21. The van der Waals surface area contributed by atoms with Crippen LogP contribution in [0.5, 0.6) is 0 Å². The molecular weight excluding hydrogens is 453 g/mol. The molecule has 1 amide bonds. The molecule has 1 aliphatic rings. The van der Waals surface area contributed by atoms with Gasteiger partial charge in [-0.05, 0) is 47.5 Å². The molecule has 0 saturated carbocycles. The van der Waals surface area contributed by atoms with Crippen LogP contribution in [0.3, 0.4) is 0 Å². The number of hydrogen-bond donors (Lipinski definition) is 3. The number of aryl methyl sites for hydroxylation is 1. The number of nitrogens with zero attached hydrogens (tertiary/aromatic N) is 3. The van der Waals surface area contributed by atoms with Crippen LogP contribution in [-0.4, -0.2) is 32.0 Å². The van der Waals surface area contributed by atoms with Gasteiger partial charge >= 0.3 is 5.69 Å². The van der Waals surface area contributed by atoms with Gasteiger partial charge in [-0.2, -0.15) is 5.17 Å². The third-order valence-electron chi connectivity index (χ3n) is 5.18. The van der Waals surface area contributed by atoms with Gasteiger partial charge in [0.1, 0.15) is 5.82 Å². The summed E-state index contributed by atoms with van der Waals surface area (Å²) in [6, 6.07) is 8.44. The smallest absolute Gasteiger partial charge is 0.331 e. The number of nitrogens with one attached hydrogen (secondary N) is 2. The van der Waals surface area contributed by atoms with Crippen molar-refractivity contribution in [1.29, 1.82) is 0 Å². The maximum atomic E-state index is 13.5. The number of benzene rings is 2. The minimum absolute atomic E-state index is 0.107. The fourth-order valence-corrected chi connectivity index (χ4v) is 3.67. The number of hydrogen-bond acceptors (Lipinski definition) is 6. The number of aromatic nitrogens is 2. The molecule has 0 atom stereocenters. The van der Waals surface area contributed by atoms with Gasteiger partial charge in [-0.25, -0.2) is 9.18 Å². The molecule has 0 fully saturated rings. The Bertz CT molecular complexity index is 1440. The lowest BCUT2D eigenvalue weighted by Crippen LogP contribution is -2.39. The van der Waals surface area contributed by atoms with E-state index in [1.807, 2.05) is 0 Å². The van der Waals surface area contributed by atoms with E-state index in [1.54, 1.807) is 6.08 Å². The predicted molar refractivity (Wildman–Crippen MR) is 120 cm³/mol. The maximum Gasteiger partial charge on any atom is 0.331 e. The Morgan fingerprint density at radius 2 is 2.00 bits per heavy atom. The van der Waals surface area contributed by atoms with Gasteiger partial charge in [-0.3, -0.25) is 29.4 Å². The molecular formula is C22H19ClFN5O4. The number of rotatable bonds is 5. The van der Waals surface area contributed by atoms with E-state index >= 15 is 0 Å². The molecule has 3 aromatic rings. The van der Waals surface area contributed by atoms with Gasteiger partial charge in [0, 0.05) is 25.4 Å². The Morgan fingerprint density at radius 1 is 1.21 bits per heavy atom. The zero-order chi connectivity index (χ0) is 23.7. The predicted octanol–water partition coefficient (Wildman–Crippen LogP) is 1.88. The summed E-state index contributed by atoms with van der Waals surface area (Å²) in [5.74, 6) is -1.03. The molecule has 1 aromatic heterocycles. The van der Waals surface area contributed by atoms with Crippen LogP contribution >= 0.6 is 11.6 Å². The summed E-state index contributed by atoms with van der Waals surface area (Å²) in [5, 5.41) is 13.0. The van der Waals surface area contributed by atoms with Crippen molar-refractivity contribution in [1.82, 2.24) is 25.0 Å². The molecule has 33 heavy (non-hydrogen) atoms. The molecule has 9 nitrogen and oxygen atoms in total. The first-order valence-electron chi connectivity index (χ1n) is 9.82. The summed E-state index contributed by atoms with van der Waals surface area (Å²) in [6.07, 6.45) is 4.59. The summed E-state index contributed by atoms with van der Waals surface area (Å²) in [4.78, 5) is 38.5. The Hall–Kier alpha value is -3.89. The lowest BCUT2D eigenvalue weighted by molar-refractivity contribution is -0.0768. The number of halogens is 2. The van der Waals surface area contributed by atoms with E-state index in [1.165, 1.54) is 60.4 Å². The average Bonchev–Trinajstić information content (AvgIpc) is 2.80. The van der Waals surface area contributed by atoms with E-state index in [0.29, 0.717) is 16.7 Å². The van der Waals surface area contributed by atoms with Crippen LogP contribution in [0.4, 0.5) is 4.39 Å². The molecule has 4 rings (SSSR count). The van der Waals surface area contributed by atoms with E-state index in [-0.39, 0.29) is 29.1 Å². The highest BCUT2D eigenvalue weighted by Gasteiger charge is 2.15. The second-order valence-electron chi connectivity index (χ2n) is 7.41. The molecule has 170 valence electrons. The Kier molecular flexibility index (Phi) is 6.03. The highest BCUT2D eigenvalue weighted by molar-refractivity contribution is 6.30. The van der Waals surface area contributed by atoms with Gasteiger partial charge in [0.05, 0.1) is 28.7 Å². The molecule has 2 aromatic carbocycles. The van der Waals surface area contributed by atoms with E-state index in [2.05, 4.69) is 10.7 Å². The van der Waals surface area contributed by atoms with E-state index in [4.69, 9.17) is 11.6 Å². The summed E-state index contributed by atoms with van der Waals surface area (Å²) in [6.45, 7) is 0.0407. The first kappa shape index (κ1) is 22.3. The first-order chi connectivity index (χ1) is 15.7. The summed E-state index contributed by atoms with van der Waals surface area (Å²) in [5.41, 5.74) is 3.12. The van der Waals surface area contributed by atoms with Crippen molar-refractivity contribution < 1.29 is 14.4 Å². The largest absolute Gasteiger partial charge is 0.348 e. The summed E-state index contributed by atoms with van der Waals surface area (Å²) >= 11 is 5.82. The normalized spacial score (nSPS) is 13.1. The monoisotopic (exact) mass is 471 g/mol. The first-order valence-corrected chi connectivity index (χ1v) is 10.2. The molecule has 0 spiro atoms. The van der Waals surface area contributed by atoms with Crippen LogP contribution in [0.1, 0.15) is 15.9 Å². The lowest BCUT2D eigenvalue weighted by Gasteiger charge is -2.17. The third kappa shape index (κ3) is 4.52. The van der Waals surface area contributed by atoms with Crippen LogP contribution in [0.2, 0.25) is 5.02 Å². The van der Waals surface area contributed by atoms with Crippen molar-refractivity contribution in [2.24, 2.45) is 7.05 Å². The zero-order valence-electron chi connectivity index (χ0n) is 17.4. The number of hydrazine groups is 1. The fraction of sp³-hybridized carbons (Fsp3) is 0.136. The van der Waals surface area contributed by atoms with Crippen LogP contribution in [0.25, 0.3) is 10.9 Å². The van der Waals surface area contributed by atoms with Crippen LogP contribution in [0, 0.1) is 5.82 Å². The van der Waals surface area contributed by atoms with Crippen molar-refractivity contribution in [2.75, 3.05) is 6.54 Å². The van der Waals surface area contributed by atoms with Crippen LogP contribution < -0.4 is 22.0 Å². The molecule has 0 unspecified atom stereocenters. The number of hydroxylamine groups is 1. The highest BCUT2D eigenvalue weighted by atomic mass is 35.5. The molecule has 0 bridgehead atoms. The van der Waals surface area contributed by atoms with Gasteiger partial charge in [0.25, 0.3) is 11.5 Å². The molecule has 1 aliphatic heterocycles. The van der Waals surface area contributed by atoms with Crippen molar-refractivity contribution in [3.05, 3.63) is 103 Å². The van der Waals surface area contributed by atoms with Gasteiger partial charge in [0.2, 0.25) is 0 Å². The Balaban J connectivity index is 1.67. The molecule has 0 radical (unpaired) electrons. The quantitative estimate of drug-likeness (QED) is 0.524. The molecule has 0 saturated heterocycles. The zero-order valence-corrected chi connectivity index (χ0v) is 18.1. The number of amides is 1. The van der Waals surface area contributed by atoms with E-state index in [9.17, 15) is 24.0 Å².